The van der Waals surface area contributed by atoms with Gasteiger partial charge < -0.3 is 0 Å². The molecule has 0 aromatic carbocycles. The largest absolute Gasteiger partial charge is 0.300 e. The summed E-state index contributed by atoms with van der Waals surface area (Å²) >= 11 is 0. The number of rotatable bonds is 3. The quantitative estimate of drug-likeness (QED) is 0.621. The first kappa shape index (κ1) is 10.5. The molecule has 13 heavy (non-hydrogen) atoms. The third kappa shape index (κ3) is 3.31. The Balaban J connectivity index is 2.36. The van der Waals surface area contributed by atoms with Crippen molar-refractivity contribution in [2.75, 3.05) is 19.6 Å². The van der Waals surface area contributed by atoms with Crippen LogP contribution in [0.25, 0.3) is 0 Å². The van der Waals surface area contributed by atoms with E-state index in [9.17, 15) is 4.79 Å². The fourth-order valence-electron chi connectivity index (χ4n) is 1.60. The standard InChI is InChI=1S/C11H19NO/c1-9-4-6-12(8-10(9)2)7-5-11(3)13/h4-8H2,1-3H3. The molecule has 0 amide bonds. The lowest BCUT2D eigenvalue weighted by Crippen LogP contribution is -2.32. The molecular weight excluding hydrogens is 162 g/mol. The van der Waals surface area contributed by atoms with Crippen LogP contribution in [-0.4, -0.2) is 30.3 Å². The molecule has 0 unspecified atom stereocenters. The average molecular weight is 181 g/mol. The van der Waals surface area contributed by atoms with Gasteiger partial charge in [0.1, 0.15) is 5.78 Å². The zero-order chi connectivity index (χ0) is 9.84. The molecule has 1 aliphatic heterocycles. The Bertz CT molecular complexity index is 230. The van der Waals surface area contributed by atoms with Crippen LogP contribution in [0.15, 0.2) is 11.1 Å². The molecule has 0 aromatic heterocycles. The van der Waals surface area contributed by atoms with Crippen molar-refractivity contribution in [2.24, 2.45) is 0 Å². The molecule has 74 valence electrons. The van der Waals surface area contributed by atoms with Crippen LogP contribution in [-0.2, 0) is 4.79 Å². The van der Waals surface area contributed by atoms with Crippen LogP contribution in [0, 0.1) is 0 Å². The summed E-state index contributed by atoms with van der Waals surface area (Å²) < 4.78 is 0. The second-order valence-electron chi connectivity index (χ2n) is 4.04. The van der Waals surface area contributed by atoms with E-state index in [1.165, 1.54) is 17.6 Å². The molecule has 0 spiro atoms. The summed E-state index contributed by atoms with van der Waals surface area (Å²) in [7, 11) is 0. The van der Waals surface area contributed by atoms with Crippen molar-refractivity contribution in [1.29, 1.82) is 0 Å². The van der Waals surface area contributed by atoms with Crippen LogP contribution in [0.1, 0.15) is 33.6 Å². The van der Waals surface area contributed by atoms with Crippen molar-refractivity contribution in [3.8, 4) is 0 Å². The minimum Gasteiger partial charge on any atom is -0.300 e. The van der Waals surface area contributed by atoms with Crippen LogP contribution >= 0.6 is 0 Å². The van der Waals surface area contributed by atoms with E-state index in [4.69, 9.17) is 0 Å². The van der Waals surface area contributed by atoms with Crippen molar-refractivity contribution in [1.82, 2.24) is 4.90 Å². The molecule has 0 fully saturated rings. The second-order valence-corrected chi connectivity index (χ2v) is 4.04. The van der Waals surface area contributed by atoms with E-state index >= 15 is 0 Å². The SMILES string of the molecule is CC(=O)CCN1CCC(C)=C(C)C1. The van der Waals surface area contributed by atoms with Crippen molar-refractivity contribution in [3.63, 3.8) is 0 Å². The van der Waals surface area contributed by atoms with E-state index in [0.29, 0.717) is 12.2 Å². The van der Waals surface area contributed by atoms with E-state index in [-0.39, 0.29) is 0 Å². The van der Waals surface area contributed by atoms with Gasteiger partial charge in [0, 0.05) is 26.1 Å². The highest BCUT2D eigenvalue weighted by molar-refractivity contribution is 5.75. The molecule has 0 atom stereocenters. The van der Waals surface area contributed by atoms with Crippen LogP contribution in [0.3, 0.4) is 0 Å². The highest BCUT2D eigenvalue weighted by Gasteiger charge is 2.13. The molecule has 0 bridgehead atoms. The van der Waals surface area contributed by atoms with E-state index in [0.717, 1.165) is 19.6 Å². The number of ketones is 1. The normalized spacial score (nSPS) is 19.3. The van der Waals surface area contributed by atoms with Gasteiger partial charge in [-0.05, 0) is 27.2 Å². The van der Waals surface area contributed by atoms with Gasteiger partial charge in [-0.1, -0.05) is 11.1 Å². The van der Waals surface area contributed by atoms with Crippen molar-refractivity contribution in [2.45, 2.75) is 33.6 Å². The lowest BCUT2D eigenvalue weighted by atomic mass is 10.0. The topological polar surface area (TPSA) is 20.3 Å². The number of Topliss-reactive ketones (excluding diaryl/α,β-unsaturated/α-hetero) is 1. The molecule has 0 saturated heterocycles. The fraction of sp³-hybridized carbons (Fsp3) is 0.727. The van der Waals surface area contributed by atoms with Crippen LogP contribution < -0.4 is 0 Å². The van der Waals surface area contributed by atoms with Crippen LogP contribution in [0.2, 0.25) is 0 Å². The summed E-state index contributed by atoms with van der Waals surface area (Å²) in [6.07, 6.45) is 1.87. The van der Waals surface area contributed by atoms with E-state index < -0.39 is 0 Å². The Morgan fingerprint density at radius 3 is 2.62 bits per heavy atom. The summed E-state index contributed by atoms with van der Waals surface area (Å²) in [4.78, 5) is 13.2. The fourth-order valence-corrected chi connectivity index (χ4v) is 1.60. The zero-order valence-electron chi connectivity index (χ0n) is 8.89. The summed E-state index contributed by atoms with van der Waals surface area (Å²) in [5.74, 6) is 0.295. The van der Waals surface area contributed by atoms with E-state index in [2.05, 4.69) is 18.7 Å². The molecule has 0 aliphatic carbocycles. The number of carbonyl (C=O) groups is 1. The van der Waals surface area contributed by atoms with Crippen molar-refractivity contribution < 1.29 is 4.79 Å². The summed E-state index contributed by atoms with van der Waals surface area (Å²) in [6.45, 7) is 9.17. The lowest BCUT2D eigenvalue weighted by molar-refractivity contribution is -0.117. The molecule has 1 heterocycles. The number of hydrogen-bond acceptors (Lipinski definition) is 2. The van der Waals surface area contributed by atoms with E-state index in [1.54, 1.807) is 6.92 Å². The first-order valence-corrected chi connectivity index (χ1v) is 4.96. The number of hydrogen-bond donors (Lipinski definition) is 0. The molecule has 0 aromatic rings. The maximum absolute atomic E-state index is 10.8. The Kier molecular flexibility index (Phi) is 3.67. The predicted octanol–water partition coefficient (Wildman–Crippen LogP) is 2.01. The highest BCUT2D eigenvalue weighted by Crippen LogP contribution is 2.16. The Hall–Kier alpha value is -0.630. The number of nitrogens with zero attached hydrogens (tertiary/aromatic N) is 1. The predicted molar refractivity (Wildman–Crippen MR) is 54.7 cm³/mol. The zero-order valence-corrected chi connectivity index (χ0v) is 8.89. The maximum atomic E-state index is 10.8. The Morgan fingerprint density at radius 2 is 2.08 bits per heavy atom. The molecule has 1 rings (SSSR count). The first-order valence-electron chi connectivity index (χ1n) is 4.96. The Morgan fingerprint density at radius 1 is 1.38 bits per heavy atom. The third-order valence-electron chi connectivity index (χ3n) is 2.77. The van der Waals surface area contributed by atoms with Crippen LogP contribution in [0.4, 0.5) is 0 Å². The number of carbonyl (C=O) groups excluding carboxylic acids is 1. The highest BCUT2D eigenvalue weighted by atomic mass is 16.1. The van der Waals surface area contributed by atoms with E-state index in [1.807, 2.05) is 0 Å². The van der Waals surface area contributed by atoms with Gasteiger partial charge in [0.15, 0.2) is 0 Å². The van der Waals surface area contributed by atoms with Gasteiger partial charge in [-0.3, -0.25) is 9.69 Å². The van der Waals surface area contributed by atoms with Gasteiger partial charge in [-0.25, -0.2) is 0 Å². The Labute approximate surface area is 80.6 Å². The molecule has 0 saturated carbocycles. The summed E-state index contributed by atoms with van der Waals surface area (Å²) in [5, 5.41) is 0. The first-order chi connectivity index (χ1) is 6.09. The third-order valence-corrected chi connectivity index (χ3v) is 2.77. The smallest absolute Gasteiger partial charge is 0.131 e. The van der Waals surface area contributed by atoms with Gasteiger partial charge in [0.25, 0.3) is 0 Å². The minimum absolute atomic E-state index is 0.295. The molecule has 0 N–H and O–H groups in total. The van der Waals surface area contributed by atoms with Crippen LogP contribution in [0.5, 0.6) is 0 Å². The lowest BCUT2D eigenvalue weighted by Gasteiger charge is -2.28. The molecule has 2 nitrogen and oxygen atoms in total. The molecule has 0 radical (unpaired) electrons. The molecule has 1 aliphatic rings. The summed E-state index contributed by atoms with van der Waals surface area (Å²) in [5.41, 5.74) is 3.01. The van der Waals surface area contributed by atoms with Crippen molar-refractivity contribution in [3.05, 3.63) is 11.1 Å². The van der Waals surface area contributed by atoms with Gasteiger partial charge in [0.2, 0.25) is 0 Å². The monoisotopic (exact) mass is 181 g/mol. The molecular formula is C11H19NO. The van der Waals surface area contributed by atoms with Crippen molar-refractivity contribution >= 4 is 5.78 Å². The minimum atomic E-state index is 0.295. The molecule has 2 heteroatoms. The van der Waals surface area contributed by atoms with Gasteiger partial charge in [-0.2, -0.15) is 0 Å². The van der Waals surface area contributed by atoms with Gasteiger partial charge in [0.05, 0.1) is 0 Å². The summed E-state index contributed by atoms with van der Waals surface area (Å²) in [6, 6.07) is 0. The maximum Gasteiger partial charge on any atom is 0.131 e. The van der Waals surface area contributed by atoms with Gasteiger partial charge >= 0.3 is 0 Å². The average Bonchev–Trinajstić information content (AvgIpc) is 2.07. The van der Waals surface area contributed by atoms with Gasteiger partial charge in [-0.15, -0.1) is 0 Å². The second kappa shape index (κ2) is 4.56.